The van der Waals surface area contributed by atoms with Gasteiger partial charge in [-0.25, -0.2) is 4.98 Å². The largest absolute Gasteiger partial charge is 0.416 e. The average molecular weight is 487 g/mol. The summed E-state index contributed by atoms with van der Waals surface area (Å²) in [4.78, 5) is 16.8. The summed E-state index contributed by atoms with van der Waals surface area (Å²) in [5, 5.41) is 12.4. The minimum absolute atomic E-state index is 0.0643. The van der Waals surface area contributed by atoms with Crippen molar-refractivity contribution in [1.29, 1.82) is 0 Å². The summed E-state index contributed by atoms with van der Waals surface area (Å²) in [6.07, 6.45) is -12.0. The van der Waals surface area contributed by atoms with Crippen molar-refractivity contribution in [3.8, 4) is 5.69 Å². The van der Waals surface area contributed by atoms with Crippen molar-refractivity contribution in [2.45, 2.75) is 25.4 Å². The maximum Gasteiger partial charge on any atom is 0.416 e. The highest BCUT2D eigenvalue weighted by Gasteiger charge is 2.38. The minimum atomic E-state index is -4.86. The third kappa shape index (κ3) is 4.40. The van der Waals surface area contributed by atoms with Gasteiger partial charge in [-0.15, -0.1) is 11.3 Å². The SMILES string of the molecule is Cc1nc2c(s1)c1cc(C(=O)NC[C@H](O)C(F)(F)F)ccc1n2-c1ccc(C(F)(F)F)cc1. The zero-order chi connectivity index (χ0) is 24.1. The van der Waals surface area contributed by atoms with E-state index in [4.69, 9.17) is 5.11 Å². The Hall–Kier alpha value is -3.12. The number of thiazole rings is 1. The van der Waals surface area contributed by atoms with E-state index in [1.807, 2.05) is 5.32 Å². The van der Waals surface area contributed by atoms with Crippen molar-refractivity contribution in [3.05, 3.63) is 58.6 Å². The highest BCUT2D eigenvalue weighted by molar-refractivity contribution is 7.19. The van der Waals surface area contributed by atoms with Gasteiger partial charge in [-0.05, 0) is 49.4 Å². The molecule has 1 atom stereocenters. The summed E-state index contributed by atoms with van der Waals surface area (Å²) < 4.78 is 78.5. The van der Waals surface area contributed by atoms with Crippen LogP contribution in [0.4, 0.5) is 26.3 Å². The normalized spacial score (nSPS) is 13.6. The molecule has 5 nitrogen and oxygen atoms in total. The summed E-state index contributed by atoms with van der Waals surface area (Å²) >= 11 is 1.31. The molecule has 0 saturated carbocycles. The molecule has 2 aromatic carbocycles. The van der Waals surface area contributed by atoms with Crippen LogP contribution in [0.5, 0.6) is 0 Å². The first-order valence-corrected chi connectivity index (χ1v) is 10.3. The highest BCUT2D eigenvalue weighted by Crippen LogP contribution is 2.37. The second-order valence-corrected chi connectivity index (χ2v) is 8.47. The molecule has 2 aromatic heterocycles. The molecule has 0 aliphatic rings. The lowest BCUT2D eigenvalue weighted by molar-refractivity contribution is -0.201. The number of carbonyl (C=O) groups is 1. The van der Waals surface area contributed by atoms with Crippen LogP contribution in [0.15, 0.2) is 42.5 Å². The molecule has 0 aliphatic heterocycles. The number of aliphatic hydroxyl groups excluding tert-OH is 1. The van der Waals surface area contributed by atoms with E-state index in [-0.39, 0.29) is 5.56 Å². The fourth-order valence-corrected chi connectivity index (χ4v) is 4.31. The van der Waals surface area contributed by atoms with Crippen molar-refractivity contribution in [2.75, 3.05) is 6.54 Å². The number of hydrogen-bond acceptors (Lipinski definition) is 4. The van der Waals surface area contributed by atoms with Crippen molar-refractivity contribution >= 4 is 38.5 Å². The molecule has 0 fully saturated rings. The first kappa shape index (κ1) is 23.1. The molecule has 2 N–H and O–H groups in total. The number of nitrogens with one attached hydrogen (secondary N) is 1. The maximum absolute atomic E-state index is 12.9. The van der Waals surface area contributed by atoms with Gasteiger partial charge in [-0.1, -0.05) is 0 Å². The first-order valence-electron chi connectivity index (χ1n) is 9.48. The number of amides is 1. The lowest BCUT2D eigenvalue weighted by Crippen LogP contribution is -2.40. The molecule has 12 heteroatoms. The minimum Gasteiger partial charge on any atom is -0.382 e. The zero-order valence-corrected chi connectivity index (χ0v) is 17.6. The molecular formula is C21H15F6N3O2S. The predicted molar refractivity (Wildman–Crippen MR) is 111 cm³/mol. The lowest BCUT2D eigenvalue weighted by Gasteiger charge is -2.15. The summed E-state index contributed by atoms with van der Waals surface area (Å²) in [5.41, 5.74) is 0.745. The first-order chi connectivity index (χ1) is 15.4. The molecule has 33 heavy (non-hydrogen) atoms. The quantitative estimate of drug-likeness (QED) is 0.388. The van der Waals surface area contributed by atoms with Gasteiger partial charge in [0.05, 0.1) is 27.3 Å². The van der Waals surface area contributed by atoms with Gasteiger partial charge < -0.3 is 10.4 Å². The molecule has 0 aliphatic carbocycles. The van der Waals surface area contributed by atoms with Crippen LogP contribution in [0.2, 0.25) is 0 Å². The number of aromatic nitrogens is 2. The third-order valence-corrected chi connectivity index (χ3v) is 5.95. The van der Waals surface area contributed by atoms with Crippen molar-refractivity contribution in [2.24, 2.45) is 0 Å². The molecule has 4 aromatic rings. The Bertz CT molecular complexity index is 1340. The molecular weight excluding hydrogens is 472 g/mol. The van der Waals surface area contributed by atoms with Gasteiger partial charge in [0.2, 0.25) is 0 Å². The Kier molecular flexibility index (Phi) is 5.61. The number of rotatable bonds is 4. The number of halogens is 6. The van der Waals surface area contributed by atoms with Crippen molar-refractivity contribution in [3.63, 3.8) is 0 Å². The summed E-state index contributed by atoms with van der Waals surface area (Å²) in [6, 6.07) is 8.96. The Morgan fingerprint density at radius 3 is 2.39 bits per heavy atom. The molecule has 0 bridgehead atoms. The standard InChI is InChI=1S/C21H15F6N3O2S/c1-10-29-18-17(33-10)14-8-11(19(32)28-9-16(31)21(25,26)27)2-7-15(14)30(18)13-5-3-12(4-6-13)20(22,23)24/h2-8,16,31H,9H2,1H3,(H,28,32)/t16-/m0/s1. The number of alkyl halides is 6. The Morgan fingerprint density at radius 2 is 1.79 bits per heavy atom. The Morgan fingerprint density at radius 1 is 1.12 bits per heavy atom. The number of fused-ring (bicyclic) bond motifs is 3. The van der Waals surface area contributed by atoms with Crippen LogP contribution in [0, 0.1) is 6.92 Å². The van der Waals surface area contributed by atoms with Crippen molar-refractivity contribution in [1.82, 2.24) is 14.9 Å². The van der Waals surface area contributed by atoms with Crippen LogP contribution in [-0.4, -0.2) is 39.4 Å². The number of hydrogen-bond donors (Lipinski definition) is 2. The van der Waals surface area contributed by atoms with Crippen LogP contribution in [0.1, 0.15) is 20.9 Å². The number of carbonyl (C=O) groups excluding carboxylic acids is 1. The molecule has 0 unspecified atom stereocenters. The van der Waals surface area contributed by atoms with Gasteiger partial charge >= 0.3 is 12.4 Å². The lowest BCUT2D eigenvalue weighted by atomic mass is 10.1. The highest BCUT2D eigenvalue weighted by atomic mass is 32.1. The van der Waals surface area contributed by atoms with E-state index in [1.165, 1.54) is 35.6 Å². The number of nitrogens with zero attached hydrogens (tertiary/aromatic N) is 2. The Balaban J connectivity index is 1.75. The fraction of sp³-hybridized carbons (Fsp3) is 0.238. The van der Waals surface area contributed by atoms with Gasteiger partial charge in [0.25, 0.3) is 5.91 Å². The topological polar surface area (TPSA) is 67.2 Å². The second-order valence-electron chi connectivity index (χ2n) is 7.27. The fourth-order valence-electron chi connectivity index (χ4n) is 3.38. The van der Waals surface area contributed by atoms with E-state index >= 15 is 0 Å². The van der Waals surface area contributed by atoms with Crippen LogP contribution in [0.25, 0.3) is 26.9 Å². The van der Waals surface area contributed by atoms with Gasteiger partial charge in [0, 0.05) is 16.6 Å². The number of aryl methyl sites for hydroxylation is 1. The zero-order valence-electron chi connectivity index (χ0n) is 16.8. The monoisotopic (exact) mass is 487 g/mol. The van der Waals surface area contributed by atoms with E-state index in [0.29, 0.717) is 31.9 Å². The van der Waals surface area contributed by atoms with E-state index in [0.717, 1.165) is 12.1 Å². The van der Waals surface area contributed by atoms with Gasteiger partial charge in [0.15, 0.2) is 11.8 Å². The summed E-state index contributed by atoms with van der Waals surface area (Å²) in [6.45, 7) is 0.755. The maximum atomic E-state index is 12.9. The summed E-state index contributed by atoms with van der Waals surface area (Å²) in [5.74, 6) is -0.808. The molecule has 4 rings (SSSR count). The third-order valence-electron chi connectivity index (χ3n) is 4.96. The summed E-state index contributed by atoms with van der Waals surface area (Å²) in [7, 11) is 0. The van der Waals surface area contributed by atoms with Gasteiger partial charge in [-0.3, -0.25) is 9.36 Å². The average Bonchev–Trinajstić information content (AvgIpc) is 3.24. The van der Waals surface area contributed by atoms with E-state index in [1.54, 1.807) is 17.6 Å². The molecule has 0 spiro atoms. The van der Waals surface area contributed by atoms with E-state index in [2.05, 4.69) is 4.98 Å². The van der Waals surface area contributed by atoms with Gasteiger partial charge in [-0.2, -0.15) is 26.3 Å². The molecule has 1 amide bonds. The molecule has 0 saturated heterocycles. The van der Waals surface area contributed by atoms with E-state index in [9.17, 15) is 31.1 Å². The molecule has 2 heterocycles. The molecule has 0 radical (unpaired) electrons. The second kappa shape index (κ2) is 8.03. The van der Waals surface area contributed by atoms with Crippen LogP contribution < -0.4 is 5.32 Å². The van der Waals surface area contributed by atoms with Crippen LogP contribution in [0.3, 0.4) is 0 Å². The number of benzene rings is 2. The van der Waals surface area contributed by atoms with E-state index < -0.39 is 36.5 Å². The number of aliphatic hydroxyl groups is 1. The van der Waals surface area contributed by atoms with Crippen LogP contribution >= 0.6 is 11.3 Å². The van der Waals surface area contributed by atoms with Crippen molar-refractivity contribution < 1.29 is 36.2 Å². The predicted octanol–water partition coefficient (Wildman–Crippen LogP) is 5.22. The Labute approximate surface area is 186 Å². The smallest absolute Gasteiger partial charge is 0.382 e. The van der Waals surface area contributed by atoms with Crippen LogP contribution in [-0.2, 0) is 6.18 Å². The van der Waals surface area contributed by atoms with Gasteiger partial charge in [0.1, 0.15) is 0 Å². The molecule has 174 valence electrons.